The van der Waals surface area contributed by atoms with Gasteiger partial charge in [0, 0.05) is 13.0 Å². The molecule has 1 saturated carbocycles. The molecule has 0 bridgehead atoms. The molecule has 4 nitrogen and oxygen atoms in total. The smallest absolute Gasteiger partial charge is 0.227 e. The average Bonchev–Trinajstić information content (AvgIpc) is 3.02. The van der Waals surface area contributed by atoms with Gasteiger partial charge in [0.25, 0.3) is 0 Å². The molecule has 2 rings (SSSR count). The van der Waals surface area contributed by atoms with E-state index in [0.717, 1.165) is 24.3 Å². The van der Waals surface area contributed by atoms with Gasteiger partial charge in [-0.3, -0.25) is 4.79 Å². The number of aromatic nitrogens is 1. The highest BCUT2D eigenvalue weighted by Crippen LogP contribution is 2.30. The Labute approximate surface area is 82.7 Å². The summed E-state index contributed by atoms with van der Waals surface area (Å²) in [7, 11) is 1.81. The lowest BCUT2D eigenvalue weighted by Gasteiger charge is -2.04. The van der Waals surface area contributed by atoms with Crippen molar-refractivity contribution in [2.24, 2.45) is 5.92 Å². The molecule has 4 heteroatoms. The Kier molecular flexibility index (Phi) is 2.35. The molecule has 0 unspecified atom stereocenters. The van der Waals surface area contributed by atoms with Crippen LogP contribution in [-0.4, -0.2) is 17.9 Å². The van der Waals surface area contributed by atoms with Crippen molar-refractivity contribution in [2.45, 2.75) is 12.8 Å². The Bertz CT molecular complexity index is 330. The lowest BCUT2D eigenvalue weighted by molar-refractivity contribution is -0.117. The number of carbonyl (C=O) groups is 1. The van der Waals surface area contributed by atoms with Crippen LogP contribution < -0.4 is 10.6 Å². The summed E-state index contributed by atoms with van der Waals surface area (Å²) in [5, 5.41) is 5.74. The van der Waals surface area contributed by atoms with Crippen LogP contribution in [0.5, 0.6) is 0 Å². The summed E-state index contributed by atoms with van der Waals surface area (Å²) in [6.45, 7) is 0. The van der Waals surface area contributed by atoms with Gasteiger partial charge in [0.1, 0.15) is 5.82 Å². The number of carbonyl (C=O) groups excluding carboxylic acids is 1. The fourth-order valence-electron chi connectivity index (χ4n) is 1.21. The van der Waals surface area contributed by atoms with E-state index in [1.165, 1.54) is 0 Å². The molecule has 0 aromatic carbocycles. The Balaban J connectivity index is 1.98. The molecule has 1 aliphatic rings. The molecule has 0 radical (unpaired) electrons. The van der Waals surface area contributed by atoms with Gasteiger partial charge in [-0.25, -0.2) is 4.98 Å². The summed E-state index contributed by atoms with van der Waals surface area (Å²) in [5.74, 6) is 1.15. The van der Waals surface area contributed by atoms with Gasteiger partial charge >= 0.3 is 0 Å². The predicted molar refractivity (Wildman–Crippen MR) is 55.1 cm³/mol. The summed E-state index contributed by atoms with van der Waals surface area (Å²) >= 11 is 0. The van der Waals surface area contributed by atoms with E-state index in [1.54, 1.807) is 6.20 Å². The van der Waals surface area contributed by atoms with Crippen molar-refractivity contribution in [3.8, 4) is 0 Å². The van der Waals surface area contributed by atoms with Gasteiger partial charge in [0.2, 0.25) is 5.91 Å². The van der Waals surface area contributed by atoms with Crippen LogP contribution in [0.25, 0.3) is 0 Å². The minimum Gasteiger partial charge on any atom is -0.373 e. The SMILES string of the molecule is CNc1ccc(NC(=O)C2CC2)cn1. The first-order valence-corrected chi connectivity index (χ1v) is 4.74. The van der Waals surface area contributed by atoms with Gasteiger partial charge in [-0.05, 0) is 25.0 Å². The fraction of sp³-hybridized carbons (Fsp3) is 0.400. The quantitative estimate of drug-likeness (QED) is 0.760. The normalized spacial score (nSPS) is 14.9. The van der Waals surface area contributed by atoms with Crippen molar-refractivity contribution in [2.75, 3.05) is 17.7 Å². The van der Waals surface area contributed by atoms with Crippen LogP contribution in [0, 0.1) is 5.92 Å². The molecule has 0 aliphatic heterocycles. The number of rotatable bonds is 3. The highest BCUT2D eigenvalue weighted by Gasteiger charge is 2.29. The number of anilines is 2. The Morgan fingerprint density at radius 1 is 1.50 bits per heavy atom. The predicted octanol–water partition coefficient (Wildman–Crippen LogP) is 1.47. The molecule has 1 fully saturated rings. The molecule has 0 atom stereocenters. The van der Waals surface area contributed by atoms with Crippen molar-refractivity contribution in [1.29, 1.82) is 0 Å². The van der Waals surface area contributed by atoms with Gasteiger partial charge in [0.05, 0.1) is 11.9 Å². The highest BCUT2D eigenvalue weighted by atomic mass is 16.2. The molecule has 0 saturated heterocycles. The van der Waals surface area contributed by atoms with Crippen LogP contribution in [0.3, 0.4) is 0 Å². The third kappa shape index (κ3) is 2.02. The van der Waals surface area contributed by atoms with Crippen molar-refractivity contribution in [1.82, 2.24) is 4.98 Å². The molecule has 2 N–H and O–H groups in total. The standard InChI is InChI=1S/C10H13N3O/c1-11-9-5-4-8(6-12-9)13-10(14)7-2-3-7/h4-7H,2-3H2,1H3,(H,11,12)(H,13,14). The molecule has 1 amide bonds. The fourth-order valence-corrected chi connectivity index (χ4v) is 1.21. The largest absolute Gasteiger partial charge is 0.373 e. The summed E-state index contributed by atoms with van der Waals surface area (Å²) in [6, 6.07) is 3.68. The van der Waals surface area contributed by atoms with E-state index in [4.69, 9.17) is 0 Å². The molecular weight excluding hydrogens is 178 g/mol. The first-order valence-electron chi connectivity index (χ1n) is 4.74. The maximum atomic E-state index is 11.4. The third-order valence-corrected chi connectivity index (χ3v) is 2.24. The molecule has 1 heterocycles. The number of amides is 1. The Hall–Kier alpha value is -1.58. The Morgan fingerprint density at radius 2 is 2.29 bits per heavy atom. The Morgan fingerprint density at radius 3 is 2.79 bits per heavy atom. The number of hydrogen-bond donors (Lipinski definition) is 2. The average molecular weight is 191 g/mol. The zero-order chi connectivity index (χ0) is 9.97. The lowest BCUT2D eigenvalue weighted by atomic mass is 10.3. The third-order valence-electron chi connectivity index (χ3n) is 2.24. The summed E-state index contributed by atoms with van der Waals surface area (Å²) in [6.07, 6.45) is 3.70. The summed E-state index contributed by atoms with van der Waals surface area (Å²) in [4.78, 5) is 15.5. The molecule has 0 spiro atoms. The lowest BCUT2D eigenvalue weighted by Crippen LogP contribution is -2.13. The number of nitrogens with zero attached hydrogens (tertiary/aromatic N) is 1. The topological polar surface area (TPSA) is 54.0 Å². The monoisotopic (exact) mass is 191 g/mol. The van der Waals surface area contributed by atoms with E-state index >= 15 is 0 Å². The molecule has 1 aliphatic carbocycles. The zero-order valence-corrected chi connectivity index (χ0v) is 8.08. The first kappa shape index (κ1) is 8.99. The highest BCUT2D eigenvalue weighted by molar-refractivity contribution is 5.93. The maximum Gasteiger partial charge on any atom is 0.227 e. The molecule has 74 valence electrons. The van der Waals surface area contributed by atoms with Gasteiger partial charge in [0.15, 0.2) is 0 Å². The van der Waals surface area contributed by atoms with Crippen LogP contribution in [-0.2, 0) is 4.79 Å². The zero-order valence-electron chi connectivity index (χ0n) is 8.08. The number of pyridine rings is 1. The molecule has 1 aromatic rings. The second-order valence-electron chi connectivity index (χ2n) is 3.45. The van der Waals surface area contributed by atoms with Gasteiger partial charge in [-0.2, -0.15) is 0 Å². The van der Waals surface area contributed by atoms with Gasteiger partial charge in [-0.1, -0.05) is 0 Å². The minimum absolute atomic E-state index is 0.115. The van der Waals surface area contributed by atoms with Crippen LogP contribution in [0.15, 0.2) is 18.3 Å². The van der Waals surface area contributed by atoms with Gasteiger partial charge < -0.3 is 10.6 Å². The van der Waals surface area contributed by atoms with E-state index in [-0.39, 0.29) is 11.8 Å². The molecular formula is C10H13N3O. The number of nitrogens with one attached hydrogen (secondary N) is 2. The second kappa shape index (κ2) is 3.65. The minimum atomic E-state index is 0.115. The van der Waals surface area contributed by atoms with E-state index in [0.29, 0.717) is 0 Å². The van der Waals surface area contributed by atoms with Crippen LogP contribution in [0.2, 0.25) is 0 Å². The van der Waals surface area contributed by atoms with Gasteiger partial charge in [-0.15, -0.1) is 0 Å². The van der Waals surface area contributed by atoms with E-state index in [9.17, 15) is 4.79 Å². The second-order valence-corrected chi connectivity index (χ2v) is 3.45. The van der Waals surface area contributed by atoms with E-state index < -0.39 is 0 Å². The number of hydrogen-bond acceptors (Lipinski definition) is 3. The van der Waals surface area contributed by atoms with Crippen molar-refractivity contribution < 1.29 is 4.79 Å². The summed E-state index contributed by atoms with van der Waals surface area (Å²) < 4.78 is 0. The van der Waals surface area contributed by atoms with Crippen LogP contribution in [0.1, 0.15) is 12.8 Å². The van der Waals surface area contributed by atoms with Crippen LogP contribution >= 0.6 is 0 Å². The van der Waals surface area contributed by atoms with Crippen molar-refractivity contribution in [3.05, 3.63) is 18.3 Å². The van der Waals surface area contributed by atoms with Crippen molar-refractivity contribution >= 4 is 17.4 Å². The molecule has 14 heavy (non-hydrogen) atoms. The first-order chi connectivity index (χ1) is 6.79. The van der Waals surface area contributed by atoms with Crippen molar-refractivity contribution in [3.63, 3.8) is 0 Å². The van der Waals surface area contributed by atoms with Crippen LogP contribution in [0.4, 0.5) is 11.5 Å². The van der Waals surface area contributed by atoms with E-state index in [2.05, 4.69) is 15.6 Å². The summed E-state index contributed by atoms with van der Waals surface area (Å²) in [5.41, 5.74) is 0.765. The van der Waals surface area contributed by atoms with E-state index in [1.807, 2.05) is 19.2 Å². The molecule has 1 aromatic heterocycles. The maximum absolute atomic E-state index is 11.4.